The van der Waals surface area contributed by atoms with Crippen molar-refractivity contribution in [3.63, 3.8) is 0 Å². The smallest absolute Gasteiger partial charge is 0.343 e. The van der Waals surface area contributed by atoms with Crippen LogP contribution in [0.3, 0.4) is 0 Å². The molecular weight excluding hydrogens is 328 g/mol. The number of ether oxygens (including phenoxy) is 3. The Balaban J connectivity index is 1.82. The second-order valence-corrected chi connectivity index (χ2v) is 5.73. The van der Waals surface area contributed by atoms with E-state index in [0.717, 1.165) is 11.1 Å². The van der Waals surface area contributed by atoms with Gasteiger partial charge in [-0.1, -0.05) is 48.5 Å². The molecule has 0 bridgehead atoms. The van der Waals surface area contributed by atoms with E-state index < -0.39 is 5.97 Å². The van der Waals surface area contributed by atoms with Gasteiger partial charge in [0.25, 0.3) is 0 Å². The van der Waals surface area contributed by atoms with Crippen molar-refractivity contribution in [2.24, 2.45) is 0 Å². The molecule has 0 aromatic heterocycles. The molecule has 0 radical (unpaired) electrons. The number of carbonyl (C=O) groups excluding carboxylic acids is 1. The van der Waals surface area contributed by atoms with E-state index in [-0.39, 0.29) is 0 Å². The van der Waals surface area contributed by atoms with Crippen LogP contribution in [0, 0.1) is 0 Å². The van der Waals surface area contributed by atoms with Gasteiger partial charge in [-0.3, -0.25) is 0 Å². The van der Waals surface area contributed by atoms with Crippen LogP contribution in [-0.4, -0.2) is 20.2 Å². The van der Waals surface area contributed by atoms with Crippen LogP contribution in [0.25, 0.3) is 0 Å². The minimum Gasteiger partial charge on any atom is -0.493 e. The van der Waals surface area contributed by atoms with Crippen molar-refractivity contribution in [1.82, 2.24) is 0 Å². The molecule has 0 saturated heterocycles. The van der Waals surface area contributed by atoms with Gasteiger partial charge in [-0.25, -0.2) is 4.79 Å². The van der Waals surface area contributed by atoms with Crippen LogP contribution >= 0.6 is 0 Å². The van der Waals surface area contributed by atoms with Crippen molar-refractivity contribution in [3.05, 3.63) is 89.5 Å². The van der Waals surface area contributed by atoms with Crippen LogP contribution in [0.5, 0.6) is 17.2 Å². The molecule has 0 heterocycles. The largest absolute Gasteiger partial charge is 0.493 e. The van der Waals surface area contributed by atoms with Crippen molar-refractivity contribution in [3.8, 4) is 17.2 Å². The van der Waals surface area contributed by atoms with E-state index in [2.05, 4.69) is 0 Å². The van der Waals surface area contributed by atoms with E-state index >= 15 is 0 Å². The van der Waals surface area contributed by atoms with Crippen molar-refractivity contribution in [2.75, 3.05) is 14.2 Å². The summed E-state index contributed by atoms with van der Waals surface area (Å²) >= 11 is 0. The van der Waals surface area contributed by atoms with Gasteiger partial charge in [0.2, 0.25) is 0 Å². The second kappa shape index (κ2) is 8.21. The fraction of sp³-hybridized carbons (Fsp3) is 0.136. The zero-order valence-electron chi connectivity index (χ0n) is 14.8. The fourth-order valence-corrected chi connectivity index (χ4v) is 2.69. The Morgan fingerprint density at radius 2 is 1.46 bits per heavy atom. The molecule has 3 aromatic rings. The van der Waals surface area contributed by atoms with Crippen LogP contribution < -0.4 is 14.2 Å². The highest BCUT2D eigenvalue weighted by Crippen LogP contribution is 2.29. The van der Waals surface area contributed by atoms with Crippen LogP contribution in [0.15, 0.2) is 72.8 Å². The summed E-state index contributed by atoms with van der Waals surface area (Å²) in [5.74, 6) is 1.16. The average Bonchev–Trinajstić information content (AvgIpc) is 2.69. The molecule has 0 aliphatic rings. The molecule has 132 valence electrons. The van der Waals surface area contributed by atoms with Crippen molar-refractivity contribution >= 4 is 5.97 Å². The van der Waals surface area contributed by atoms with E-state index in [1.807, 2.05) is 48.5 Å². The van der Waals surface area contributed by atoms with E-state index in [9.17, 15) is 4.79 Å². The van der Waals surface area contributed by atoms with Crippen molar-refractivity contribution in [2.45, 2.75) is 6.42 Å². The summed E-state index contributed by atoms with van der Waals surface area (Å²) in [6.45, 7) is 0. The monoisotopic (exact) mass is 348 g/mol. The number of hydrogen-bond acceptors (Lipinski definition) is 4. The number of benzene rings is 3. The lowest BCUT2D eigenvalue weighted by Crippen LogP contribution is -2.10. The standard InChI is InChI=1S/C22H20O4/c1-24-20-13-12-18(15-21(20)25-2)22(23)26-19-11-7-6-10-17(19)14-16-8-4-3-5-9-16/h3-13,15H,14H2,1-2H3. The third-order valence-electron chi connectivity index (χ3n) is 4.03. The SMILES string of the molecule is COc1ccc(C(=O)Oc2ccccc2Cc2ccccc2)cc1OC. The average molecular weight is 348 g/mol. The molecule has 0 spiro atoms. The van der Waals surface area contributed by atoms with Crippen LogP contribution in [0.4, 0.5) is 0 Å². The normalized spacial score (nSPS) is 10.2. The molecule has 0 unspecified atom stereocenters. The molecular formula is C22H20O4. The van der Waals surface area contributed by atoms with Crippen LogP contribution in [0.2, 0.25) is 0 Å². The van der Waals surface area contributed by atoms with Gasteiger partial charge in [-0.15, -0.1) is 0 Å². The molecule has 0 atom stereocenters. The Hall–Kier alpha value is -3.27. The predicted octanol–water partition coefficient (Wildman–Crippen LogP) is 4.51. The topological polar surface area (TPSA) is 44.8 Å². The third-order valence-corrected chi connectivity index (χ3v) is 4.03. The van der Waals surface area contributed by atoms with Gasteiger partial charge in [0.05, 0.1) is 19.8 Å². The predicted molar refractivity (Wildman–Crippen MR) is 100 cm³/mol. The quantitative estimate of drug-likeness (QED) is 0.485. The van der Waals surface area contributed by atoms with E-state index in [0.29, 0.717) is 29.2 Å². The molecule has 4 nitrogen and oxygen atoms in total. The molecule has 0 N–H and O–H groups in total. The first kappa shape index (κ1) is 17.5. The fourth-order valence-electron chi connectivity index (χ4n) is 2.69. The number of methoxy groups -OCH3 is 2. The molecule has 3 rings (SSSR count). The molecule has 0 saturated carbocycles. The summed E-state index contributed by atoms with van der Waals surface area (Å²) in [7, 11) is 3.08. The first-order valence-electron chi connectivity index (χ1n) is 8.27. The van der Waals surface area contributed by atoms with Gasteiger partial charge >= 0.3 is 5.97 Å². The summed E-state index contributed by atoms with van der Waals surface area (Å²) < 4.78 is 16.1. The minimum absolute atomic E-state index is 0.400. The summed E-state index contributed by atoms with van der Waals surface area (Å²) in [6, 6.07) is 22.6. The number of carbonyl (C=O) groups is 1. The van der Waals surface area contributed by atoms with E-state index in [1.165, 1.54) is 7.11 Å². The molecule has 4 heteroatoms. The lowest BCUT2D eigenvalue weighted by molar-refractivity contribution is 0.0733. The first-order valence-corrected chi connectivity index (χ1v) is 8.27. The highest BCUT2D eigenvalue weighted by atomic mass is 16.5. The highest BCUT2D eigenvalue weighted by Gasteiger charge is 2.14. The second-order valence-electron chi connectivity index (χ2n) is 5.73. The molecule has 0 aliphatic heterocycles. The van der Waals surface area contributed by atoms with Crippen molar-refractivity contribution < 1.29 is 19.0 Å². The van der Waals surface area contributed by atoms with Gasteiger partial charge in [0.15, 0.2) is 11.5 Å². The highest BCUT2D eigenvalue weighted by molar-refractivity contribution is 5.92. The Kier molecular flexibility index (Phi) is 5.54. The zero-order valence-corrected chi connectivity index (χ0v) is 14.8. The lowest BCUT2D eigenvalue weighted by Gasteiger charge is -2.12. The summed E-state index contributed by atoms with van der Waals surface area (Å²) in [4.78, 5) is 12.6. The summed E-state index contributed by atoms with van der Waals surface area (Å²) in [5, 5.41) is 0. The zero-order chi connectivity index (χ0) is 18.4. The maximum absolute atomic E-state index is 12.6. The molecule has 0 fully saturated rings. The molecule has 26 heavy (non-hydrogen) atoms. The lowest BCUT2D eigenvalue weighted by atomic mass is 10.0. The first-order chi connectivity index (χ1) is 12.7. The number of para-hydroxylation sites is 1. The molecule has 0 aliphatic carbocycles. The Morgan fingerprint density at radius 1 is 0.769 bits per heavy atom. The number of rotatable bonds is 6. The third kappa shape index (κ3) is 4.03. The Labute approximate surface area is 153 Å². The summed E-state index contributed by atoms with van der Waals surface area (Å²) in [5.41, 5.74) is 2.51. The van der Waals surface area contributed by atoms with Gasteiger partial charge in [-0.05, 0) is 35.4 Å². The maximum Gasteiger partial charge on any atom is 0.343 e. The van der Waals surface area contributed by atoms with Crippen LogP contribution in [-0.2, 0) is 6.42 Å². The van der Waals surface area contributed by atoms with Gasteiger partial charge < -0.3 is 14.2 Å². The number of hydrogen-bond donors (Lipinski definition) is 0. The minimum atomic E-state index is -0.438. The maximum atomic E-state index is 12.6. The molecule has 3 aromatic carbocycles. The van der Waals surface area contributed by atoms with E-state index in [4.69, 9.17) is 14.2 Å². The van der Waals surface area contributed by atoms with Gasteiger partial charge in [0.1, 0.15) is 5.75 Å². The Morgan fingerprint density at radius 3 is 2.19 bits per heavy atom. The van der Waals surface area contributed by atoms with E-state index in [1.54, 1.807) is 31.4 Å². The Bertz CT molecular complexity index is 888. The number of esters is 1. The van der Waals surface area contributed by atoms with Gasteiger partial charge in [0, 0.05) is 6.42 Å². The summed E-state index contributed by atoms with van der Waals surface area (Å²) in [6.07, 6.45) is 0.691. The molecule has 0 amide bonds. The van der Waals surface area contributed by atoms with Gasteiger partial charge in [-0.2, -0.15) is 0 Å². The van der Waals surface area contributed by atoms with Crippen molar-refractivity contribution in [1.29, 1.82) is 0 Å². The van der Waals surface area contributed by atoms with Crippen LogP contribution in [0.1, 0.15) is 21.5 Å².